The van der Waals surface area contributed by atoms with Crippen LogP contribution in [-0.4, -0.2) is 0 Å². The summed E-state index contributed by atoms with van der Waals surface area (Å²) in [4.78, 5) is 0. The van der Waals surface area contributed by atoms with Gasteiger partial charge < -0.3 is 5.32 Å². The van der Waals surface area contributed by atoms with Crippen molar-refractivity contribution in [3.8, 4) is 0 Å². The summed E-state index contributed by atoms with van der Waals surface area (Å²) in [5, 5.41) is 3.74. The number of anilines is 1. The highest BCUT2D eigenvalue weighted by Crippen LogP contribution is 2.33. The van der Waals surface area contributed by atoms with Crippen molar-refractivity contribution in [3.63, 3.8) is 0 Å². The maximum absolute atomic E-state index is 12.8. The van der Waals surface area contributed by atoms with Crippen molar-refractivity contribution in [2.75, 3.05) is 5.32 Å². The SMILES string of the molecule is Cc1ccc(NCc2cccc(Cl)c2Cl)cc1C(F)(F)F. The molecule has 0 saturated carbocycles. The zero-order chi connectivity index (χ0) is 15.6. The molecule has 0 spiro atoms. The summed E-state index contributed by atoms with van der Waals surface area (Å²) >= 11 is 11.9. The van der Waals surface area contributed by atoms with Crippen molar-refractivity contribution in [2.45, 2.75) is 19.6 Å². The molecule has 0 fully saturated rings. The minimum Gasteiger partial charge on any atom is -0.381 e. The molecule has 1 nitrogen and oxygen atoms in total. The second-order valence-electron chi connectivity index (χ2n) is 4.59. The van der Waals surface area contributed by atoms with E-state index >= 15 is 0 Å². The molecular weight excluding hydrogens is 322 g/mol. The quantitative estimate of drug-likeness (QED) is 0.733. The number of halogens is 5. The average molecular weight is 334 g/mol. The highest BCUT2D eigenvalue weighted by atomic mass is 35.5. The lowest BCUT2D eigenvalue weighted by Crippen LogP contribution is -2.09. The lowest BCUT2D eigenvalue weighted by atomic mass is 10.1. The fourth-order valence-corrected chi connectivity index (χ4v) is 2.31. The van der Waals surface area contributed by atoms with E-state index < -0.39 is 11.7 Å². The van der Waals surface area contributed by atoms with Crippen LogP contribution in [0.2, 0.25) is 10.0 Å². The molecule has 0 unspecified atom stereocenters. The van der Waals surface area contributed by atoms with Gasteiger partial charge in [-0.15, -0.1) is 0 Å². The Bertz CT molecular complexity index is 654. The first-order chi connectivity index (χ1) is 9.79. The second kappa shape index (κ2) is 6.16. The van der Waals surface area contributed by atoms with Crippen LogP contribution in [0.15, 0.2) is 36.4 Å². The van der Waals surface area contributed by atoms with Crippen LogP contribution in [0.5, 0.6) is 0 Å². The van der Waals surface area contributed by atoms with Gasteiger partial charge in [0.15, 0.2) is 0 Å². The summed E-state index contributed by atoms with van der Waals surface area (Å²) in [6.45, 7) is 1.72. The largest absolute Gasteiger partial charge is 0.416 e. The third-order valence-electron chi connectivity index (χ3n) is 3.06. The van der Waals surface area contributed by atoms with E-state index in [9.17, 15) is 13.2 Å². The van der Waals surface area contributed by atoms with Gasteiger partial charge in [0.1, 0.15) is 0 Å². The number of benzene rings is 2. The van der Waals surface area contributed by atoms with Crippen molar-refractivity contribution in [3.05, 3.63) is 63.1 Å². The van der Waals surface area contributed by atoms with Gasteiger partial charge in [0.05, 0.1) is 15.6 Å². The number of rotatable bonds is 3. The molecule has 112 valence electrons. The highest BCUT2D eigenvalue weighted by Gasteiger charge is 2.32. The maximum Gasteiger partial charge on any atom is 0.416 e. The van der Waals surface area contributed by atoms with Crippen molar-refractivity contribution in [1.29, 1.82) is 0 Å². The molecule has 0 bridgehead atoms. The lowest BCUT2D eigenvalue weighted by molar-refractivity contribution is -0.138. The fourth-order valence-electron chi connectivity index (χ4n) is 1.92. The van der Waals surface area contributed by atoms with Crippen molar-refractivity contribution in [1.82, 2.24) is 0 Å². The van der Waals surface area contributed by atoms with Gasteiger partial charge in [0, 0.05) is 12.2 Å². The summed E-state index contributed by atoms with van der Waals surface area (Å²) < 4.78 is 38.5. The summed E-state index contributed by atoms with van der Waals surface area (Å²) in [5.74, 6) is 0. The van der Waals surface area contributed by atoms with E-state index in [-0.39, 0.29) is 5.56 Å². The van der Waals surface area contributed by atoms with Gasteiger partial charge in [-0.2, -0.15) is 13.2 Å². The molecule has 0 aliphatic heterocycles. The first kappa shape index (κ1) is 16.0. The zero-order valence-corrected chi connectivity index (χ0v) is 12.6. The first-order valence-electron chi connectivity index (χ1n) is 6.13. The number of alkyl halides is 3. The Kier molecular flexibility index (Phi) is 4.69. The van der Waals surface area contributed by atoms with Crippen molar-refractivity contribution < 1.29 is 13.2 Å². The molecule has 0 amide bonds. The Hall–Kier alpha value is -1.39. The highest BCUT2D eigenvalue weighted by molar-refractivity contribution is 6.42. The van der Waals surface area contributed by atoms with Crippen molar-refractivity contribution >= 4 is 28.9 Å². The number of nitrogens with one attached hydrogen (secondary N) is 1. The number of hydrogen-bond donors (Lipinski definition) is 1. The second-order valence-corrected chi connectivity index (χ2v) is 5.38. The molecule has 0 atom stereocenters. The molecule has 21 heavy (non-hydrogen) atoms. The summed E-state index contributed by atoms with van der Waals surface area (Å²) in [6, 6.07) is 9.28. The molecule has 0 radical (unpaired) electrons. The Balaban J connectivity index is 2.19. The van der Waals surface area contributed by atoms with E-state index in [1.165, 1.54) is 13.0 Å². The zero-order valence-electron chi connectivity index (χ0n) is 11.1. The van der Waals surface area contributed by atoms with Gasteiger partial charge >= 0.3 is 6.18 Å². The van der Waals surface area contributed by atoms with E-state index in [4.69, 9.17) is 23.2 Å². The van der Waals surface area contributed by atoms with Crippen LogP contribution < -0.4 is 5.32 Å². The van der Waals surface area contributed by atoms with E-state index in [2.05, 4.69) is 5.32 Å². The third-order valence-corrected chi connectivity index (χ3v) is 3.92. The number of hydrogen-bond acceptors (Lipinski definition) is 1. The van der Waals surface area contributed by atoms with E-state index in [0.29, 0.717) is 22.3 Å². The molecule has 0 saturated heterocycles. The van der Waals surface area contributed by atoms with Gasteiger partial charge in [-0.05, 0) is 36.2 Å². The molecule has 2 rings (SSSR count). The van der Waals surface area contributed by atoms with Crippen LogP contribution in [0.4, 0.5) is 18.9 Å². The summed E-state index contributed by atoms with van der Waals surface area (Å²) in [5.41, 5.74) is 0.640. The molecular formula is C15H12Cl2F3N. The van der Waals surface area contributed by atoms with Gasteiger partial charge in [-0.3, -0.25) is 0 Å². The molecule has 0 aliphatic rings. The van der Waals surface area contributed by atoms with Crippen LogP contribution in [0.1, 0.15) is 16.7 Å². The smallest absolute Gasteiger partial charge is 0.381 e. The van der Waals surface area contributed by atoms with Gasteiger partial charge in [-0.1, -0.05) is 41.4 Å². The molecule has 2 aromatic rings. The van der Waals surface area contributed by atoms with Gasteiger partial charge in [-0.25, -0.2) is 0 Å². The van der Waals surface area contributed by atoms with Crippen molar-refractivity contribution in [2.24, 2.45) is 0 Å². The average Bonchev–Trinajstić information content (AvgIpc) is 2.40. The monoisotopic (exact) mass is 333 g/mol. The van der Waals surface area contributed by atoms with E-state index in [1.54, 1.807) is 24.3 Å². The molecule has 6 heteroatoms. The van der Waals surface area contributed by atoms with Crippen LogP contribution in [0, 0.1) is 6.92 Å². The summed E-state index contributed by atoms with van der Waals surface area (Å²) in [7, 11) is 0. The minimum absolute atomic E-state index is 0.189. The predicted octanol–water partition coefficient (Wildman–Crippen LogP) is 5.93. The van der Waals surface area contributed by atoms with Crippen LogP contribution in [0.25, 0.3) is 0 Å². The maximum atomic E-state index is 12.8. The standard InChI is InChI=1S/C15H12Cl2F3N/c1-9-5-6-11(7-12(9)15(18,19)20)21-8-10-3-2-4-13(16)14(10)17/h2-7,21H,8H2,1H3. The fraction of sp³-hybridized carbons (Fsp3) is 0.200. The third kappa shape index (κ3) is 3.83. The van der Waals surface area contributed by atoms with Gasteiger partial charge in [0.2, 0.25) is 0 Å². The first-order valence-corrected chi connectivity index (χ1v) is 6.89. The van der Waals surface area contributed by atoms with Crippen LogP contribution >= 0.6 is 23.2 Å². The number of aryl methyl sites for hydroxylation is 1. The molecule has 1 N–H and O–H groups in total. The predicted molar refractivity (Wildman–Crippen MR) is 80.0 cm³/mol. The Morgan fingerprint density at radius 3 is 2.48 bits per heavy atom. The van der Waals surface area contributed by atoms with E-state index in [0.717, 1.165) is 11.6 Å². The van der Waals surface area contributed by atoms with E-state index in [1.807, 2.05) is 0 Å². The van der Waals surface area contributed by atoms with Crippen LogP contribution in [-0.2, 0) is 12.7 Å². The topological polar surface area (TPSA) is 12.0 Å². The Morgan fingerprint density at radius 1 is 1.10 bits per heavy atom. The Labute approximate surface area is 130 Å². The normalized spacial score (nSPS) is 11.5. The minimum atomic E-state index is -4.37. The van der Waals surface area contributed by atoms with Crippen LogP contribution in [0.3, 0.4) is 0 Å². The molecule has 2 aromatic carbocycles. The lowest BCUT2D eigenvalue weighted by Gasteiger charge is -2.14. The van der Waals surface area contributed by atoms with Gasteiger partial charge in [0.25, 0.3) is 0 Å². The molecule has 0 aliphatic carbocycles. The molecule has 0 heterocycles. The molecule has 0 aromatic heterocycles. The Morgan fingerprint density at radius 2 is 1.81 bits per heavy atom. The summed E-state index contributed by atoms with van der Waals surface area (Å²) in [6.07, 6.45) is -4.37.